The Kier molecular flexibility index (Phi) is 3.82. The summed E-state index contributed by atoms with van der Waals surface area (Å²) in [6.45, 7) is 2.58. The minimum atomic E-state index is 0.0280. The molecule has 0 aliphatic rings. The molecule has 94 valence electrons. The van der Waals surface area contributed by atoms with Gasteiger partial charge in [-0.15, -0.1) is 0 Å². The second-order valence-electron chi connectivity index (χ2n) is 4.17. The van der Waals surface area contributed by atoms with Crippen LogP contribution in [-0.2, 0) is 13.0 Å². The number of aryl methyl sites for hydroxylation is 1. The maximum absolute atomic E-state index is 11.9. The predicted octanol–water partition coefficient (Wildman–Crippen LogP) is 2.47. The lowest BCUT2D eigenvalue weighted by atomic mass is 10.2. The largest absolute Gasteiger partial charge is 0.496 e. The number of para-hydroxylation sites is 1. The summed E-state index contributed by atoms with van der Waals surface area (Å²) in [4.78, 5) is 11.9. The molecule has 1 aromatic heterocycles. The van der Waals surface area contributed by atoms with E-state index in [9.17, 15) is 4.79 Å². The highest BCUT2D eigenvalue weighted by molar-refractivity contribution is 5.33. The van der Waals surface area contributed by atoms with Crippen molar-refractivity contribution in [3.63, 3.8) is 0 Å². The zero-order valence-electron chi connectivity index (χ0n) is 10.7. The summed E-state index contributed by atoms with van der Waals surface area (Å²) in [5, 5.41) is 0. The Labute approximate surface area is 107 Å². The van der Waals surface area contributed by atoms with Crippen LogP contribution >= 0.6 is 0 Å². The standard InChI is InChI=1S/C15H17NO2/c1-3-12-8-9-16(15(17)10-12)11-13-6-4-5-7-14(13)18-2/h4-10H,3,11H2,1-2H3. The molecule has 0 atom stereocenters. The number of rotatable bonds is 4. The monoisotopic (exact) mass is 243 g/mol. The van der Waals surface area contributed by atoms with Crippen LogP contribution in [0, 0.1) is 0 Å². The summed E-state index contributed by atoms with van der Waals surface area (Å²) < 4.78 is 6.98. The summed E-state index contributed by atoms with van der Waals surface area (Å²) in [5.74, 6) is 0.809. The van der Waals surface area contributed by atoms with E-state index in [0.717, 1.165) is 23.3 Å². The van der Waals surface area contributed by atoms with Gasteiger partial charge in [0.15, 0.2) is 0 Å². The van der Waals surface area contributed by atoms with Crippen LogP contribution in [0.2, 0.25) is 0 Å². The molecule has 0 radical (unpaired) electrons. The topological polar surface area (TPSA) is 31.2 Å². The van der Waals surface area contributed by atoms with Gasteiger partial charge < -0.3 is 9.30 Å². The summed E-state index contributed by atoms with van der Waals surface area (Å²) in [7, 11) is 1.64. The van der Waals surface area contributed by atoms with Crippen LogP contribution in [0.3, 0.4) is 0 Å². The van der Waals surface area contributed by atoms with Gasteiger partial charge in [-0.2, -0.15) is 0 Å². The van der Waals surface area contributed by atoms with Gasteiger partial charge in [-0.3, -0.25) is 4.79 Å². The van der Waals surface area contributed by atoms with Crippen molar-refractivity contribution in [2.24, 2.45) is 0 Å². The van der Waals surface area contributed by atoms with E-state index >= 15 is 0 Å². The van der Waals surface area contributed by atoms with Gasteiger partial charge in [0.05, 0.1) is 13.7 Å². The van der Waals surface area contributed by atoms with Gasteiger partial charge in [0, 0.05) is 17.8 Å². The molecule has 0 spiro atoms. The quantitative estimate of drug-likeness (QED) is 0.826. The molecule has 1 aromatic carbocycles. The van der Waals surface area contributed by atoms with E-state index in [-0.39, 0.29) is 5.56 Å². The molecule has 0 bridgehead atoms. The van der Waals surface area contributed by atoms with Gasteiger partial charge >= 0.3 is 0 Å². The minimum absolute atomic E-state index is 0.0280. The van der Waals surface area contributed by atoms with Crippen LogP contribution < -0.4 is 10.3 Å². The molecular weight excluding hydrogens is 226 g/mol. The SMILES string of the molecule is CCc1ccn(Cc2ccccc2OC)c(=O)c1. The molecule has 18 heavy (non-hydrogen) atoms. The van der Waals surface area contributed by atoms with Crippen LogP contribution in [0.1, 0.15) is 18.1 Å². The Hall–Kier alpha value is -2.03. The highest BCUT2D eigenvalue weighted by Gasteiger charge is 2.04. The number of methoxy groups -OCH3 is 1. The van der Waals surface area contributed by atoms with Crippen LogP contribution in [0.25, 0.3) is 0 Å². The molecular formula is C15H17NO2. The Morgan fingerprint density at radius 2 is 2.00 bits per heavy atom. The van der Waals surface area contributed by atoms with Gasteiger partial charge in [-0.1, -0.05) is 25.1 Å². The van der Waals surface area contributed by atoms with Crippen molar-refractivity contribution in [3.05, 3.63) is 64.1 Å². The maximum Gasteiger partial charge on any atom is 0.251 e. The van der Waals surface area contributed by atoms with Gasteiger partial charge in [0.1, 0.15) is 5.75 Å². The number of benzene rings is 1. The van der Waals surface area contributed by atoms with Gasteiger partial charge in [-0.25, -0.2) is 0 Å². The molecule has 0 N–H and O–H groups in total. The van der Waals surface area contributed by atoms with Crippen LogP contribution in [-0.4, -0.2) is 11.7 Å². The maximum atomic E-state index is 11.9. The first-order chi connectivity index (χ1) is 8.74. The Bertz CT molecular complexity index is 587. The van der Waals surface area contributed by atoms with E-state index in [1.807, 2.05) is 43.5 Å². The molecule has 0 saturated heterocycles. The third kappa shape index (κ3) is 2.62. The Morgan fingerprint density at radius 1 is 1.22 bits per heavy atom. The molecule has 0 amide bonds. The van der Waals surface area contributed by atoms with Crippen LogP contribution in [0.5, 0.6) is 5.75 Å². The fourth-order valence-electron chi connectivity index (χ4n) is 1.92. The molecule has 3 nitrogen and oxygen atoms in total. The lowest BCUT2D eigenvalue weighted by Gasteiger charge is -2.10. The molecule has 0 aliphatic heterocycles. The fourth-order valence-corrected chi connectivity index (χ4v) is 1.92. The van der Waals surface area contributed by atoms with Crippen molar-refractivity contribution in [1.82, 2.24) is 4.57 Å². The average Bonchev–Trinajstić information content (AvgIpc) is 2.41. The van der Waals surface area contributed by atoms with Crippen molar-refractivity contribution >= 4 is 0 Å². The van der Waals surface area contributed by atoms with E-state index in [2.05, 4.69) is 0 Å². The van der Waals surface area contributed by atoms with Crippen LogP contribution in [0.15, 0.2) is 47.4 Å². The third-order valence-electron chi connectivity index (χ3n) is 3.00. The van der Waals surface area contributed by atoms with Crippen molar-refractivity contribution in [2.75, 3.05) is 7.11 Å². The Morgan fingerprint density at radius 3 is 2.67 bits per heavy atom. The number of hydrogen-bond acceptors (Lipinski definition) is 2. The molecule has 0 aliphatic carbocycles. The molecule has 1 heterocycles. The summed E-state index contributed by atoms with van der Waals surface area (Å²) in [6, 6.07) is 11.4. The lowest BCUT2D eigenvalue weighted by molar-refractivity contribution is 0.408. The molecule has 2 rings (SSSR count). The number of pyridine rings is 1. The first-order valence-electron chi connectivity index (χ1n) is 6.06. The molecule has 0 fully saturated rings. The summed E-state index contributed by atoms with van der Waals surface area (Å²) >= 11 is 0. The van der Waals surface area contributed by atoms with Crippen molar-refractivity contribution in [3.8, 4) is 5.75 Å². The zero-order chi connectivity index (χ0) is 13.0. The predicted molar refractivity (Wildman–Crippen MR) is 72.2 cm³/mol. The van der Waals surface area contributed by atoms with Crippen molar-refractivity contribution < 1.29 is 4.74 Å². The fraction of sp³-hybridized carbons (Fsp3) is 0.267. The zero-order valence-corrected chi connectivity index (χ0v) is 10.7. The highest BCUT2D eigenvalue weighted by Crippen LogP contribution is 2.17. The minimum Gasteiger partial charge on any atom is -0.496 e. The number of nitrogens with zero attached hydrogens (tertiary/aromatic N) is 1. The van der Waals surface area contributed by atoms with Crippen molar-refractivity contribution in [2.45, 2.75) is 19.9 Å². The van der Waals surface area contributed by atoms with E-state index in [1.165, 1.54) is 0 Å². The van der Waals surface area contributed by atoms with E-state index in [0.29, 0.717) is 6.54 Å². The normalized spacial score (nSPS) is 10.3. The number of ether oxygens (including phenoxy) is 1. The Balaban J connectivity index is 2.31. The van der Waals surface area contributed by atoms with Crippen LogP contribution in [0.4, 0.5) is 0 Å². The third-order valence-corrected chi connectivity index (χ3v) is 3.00. The summed E-state index contributed by atoms with van der Waals surface area (Å²) in [6.07, 6.45) is 2.72. The van der Waals surface area contributed by atoms with E-state index < -0.39 is 0 Å². The molecule has 3 heteroatoms. The molecule has 0 unspecified atom stereocenters. The van der Waals surface area contributed by atoms with Crippen molar-refractivity contribution in [1.29, 1.82) is 0 Å². The van der Waals surface area contributed by atoms with E-state index in [1.54, 1.807) is 17.7 Å². The van der Waals surface area contributed by atoms with E-state index in [4.69, 9.17) is 4.74 Å². The highest BCUT2D eigenvalue weighted by atomic mass is 16.5. The molecule has 2 aromatic rings. The molecule has 0 saturated carbocycles. The smallest absolute Gasteiger partial charge is 0.251 e. The first kappa shape index (κ1) is 12.4. The summed E-state index contributed by atoms with van der Waals surface area (Å²) in [5.41, 5.74) is 2.10. The lowest BCUT2D eigenvalue weighted by Crippen LogP contribution is -2.19. The number of aromatic nitrogens is 1. The second kappa shape index (κ2) is 5.54. The van der Waals surface area contributed by atoms with Gasteiger partial charge in [0.25, 0.3) is 5.56 Å². The van der Waals surface area contributed by atoms with Gasteiger partial charge in [0.2, 0.25) is 0 Å². The first-order valence-corrected chi connectivity index (χ1v) is 6.06. The number of hydrogen-bond donors (Lipinski definition) is 0. The van der Waals surface area contributed by atoms with Gasteiger partial charge in [-0.05, 0) is 24.1 Å². The average molecular weight is 243 g/mol. The second-order valence-corrected chi connectivity index (χ2v) is 4.17.